The summed E-state index contributed by atoms with van der Waals surface area (Å²) in [5, 5.41) is 22.1. The average molecular weight is 362 g/mol. The van der Waals surface area contributed by atoms with Crippen LogP contribution in [0, 0.1) is 0 Å². The number of methoxy groups -OCH3 is 1. The molecule has 1 fully saturated rings. The predicted octanol–water partition coefficient (Wildman–Crippen LogP) is 0.456. The molecule has 0 aromatic rings. The van der Waals surface area contributed by atoms with E-state index in [1.165, 1.54) is 12.8 Å². The number of hydrogen-bond donors (Lipinski definition) is 3. The number of ether oxygens (including phenoxy) is 2. The molecule has 3 N–H and O–H groups in total. The standard InChI is InChI=1S/C14H27NO4.Y/c1-15-9-7-5-3-4-6-8-11-14(18-2)13(17)12(10-16)19-11;/h4,6,11-17H,3,5,7-10H2,1-2H3;/b6-4+;. The summed E-state index contributed by atoms with van der Waals surface area (Å²) in [7, 11) is 3.52. The summed E-state index contributed by atoms with van der Waals surface area (Å²) >= 11 is 0. The molecule has 0 spiro atoms. The zero-order chi connectivity index (χ0) is 14.1. The Hall–Kier alpha value is 0.644. The van der Waals surface area contributed by atoms with Gasteiger partial charge in [0.1, 0.15) is 18.3 Å². The molecule has 4 atom stereocenters. The number of hydrogen-bond acceptors (Lipinski definition) is 5. The molecule has 0 aliphatic carbocycles. The molecule has 6 heteroatoms. The third-order valence-corrected chi connectivity index (χ3v) is 3.47. The van der Waals surface area contributed by atoms with Gasteiger partial charge in [0, 0.05) is 39.8 Å². The largest absolute Gasteiger partial charge is 0.394 e. The number of nitrogens with one attached hydrogen (secondary N) is 1. The van der Waals surface area contributed by atoms with Gasteiger partial charge < -0.3 is 25.0 Å². The van der Waals surface area contributed by atoms with Crippen LogP contribution in [-0.4, -0.2) is 61.9 Å². The van der Waals surface area contributed by atoms with E-state index in [1.54, 1.807) is 7.11 Å². The summed E-state index contributed by atoms with van der Waals surface area (Å²) in [5.74, 6) is 0. The normalized spacial score (nSPS) is 29.8. The van der Waals surface area contributed by atoms with Crippen LogP contribution in [0.2, 0.25) is 0 Å². The van der Waals surface area contributed by atoms with E-state index in [4.69, 9.17) is 14.6 Å². The molecule has 1 heterocycles. The van der Waals surface area contributed by atoms with Crippen molar-refractivity contribution in [2.24, 2.45) is 0 Å². The average Bonchev–Trinajstić information content (AvgIpc) is 2.73. The Labute approximate surface area is 147 Å². The fourth-order valence-electron chi connectivity index (χ4n) is 2.36. The minimum absolute atomic E-state index is 0. The molecule has 1 radical (unpaired) electrons. The maximum Gasteiger partial charge on any atom is 0.112 e. The first-order valence-corrected chi connectivity index (χ1v) is 7.01. The van der Waals surface area contributed by atoms with E-state index in [0.717, 1.165) is 13.0 Å². The van der Waals surface area contributed by atoms with Gasteiger partial charge in [0.05, 0.1) is 12.7 Å². The number of unbranched alkanes of at least 4 members (excludes halogenated alkanes) is 2. The van der Waals surface area contributed by atoms with Crippen LogP contribution in [0.25, 0.3) is 0 Å². The quantitative estimate of drug-likeness (QED) is 0.411. The number of allylic oxidation sites excluding steroid dienone is 1. The van der Waals surface area contributed by atoms with Gasteiger partial charge in [-0.1, -0.05) is 12.2 Å². The second-order valence-electron chi connectivity index (χ2n) is 4.89. The molecule has 0 aromatic heterocycles. The minimum atomic E-state index is -0.746. The molecular weight excluding hydrogens is 335 g/mol. The van der Waals surface area contributed by atoms with Gasteiger partial charge in [0.15, 0.2) is 0 Å². The van der Waals surface area contributed by atoms with Crippen molar-refractivity contribution in [1.82, 2.24) is 5.32 Å². The summed E-state index contributed by atoms with van der Waals surface area (Å²) in [4.78, 5) is 0. The first kappa shape index (κ1) is 20.6. The molecule has 0 aromatic carbocycles. The Morgan fingerprint density at radius 2 is 2.00 bits per heavy atom. The van der Waals surface area contributed by atoms with Crippen LogP contribution in [0.4, 0.5) is 0 Å². The maximum absolute atomic E-state index is 9.88. The smallest absolute Gasteiger partial charge is 0.112 e. The van der Waals surface area contributed by atoms with Crippen molar-refractivity contribution < 1.29 is 52.4 Å². The minimum Gasteiger partial charge on any atom is -0.394 e. The van der Waals surface area contributed by atoms with E-state index >= 15 is 0 Å². The number of aliphatic hydroxyl groups is 2. The fraction of sp³-hybridized carbons (Fsp3) is 0.857. The van der Waals surface area contributed by atoms with Gasteiger partial charge in [-0.25, -0.2) is 0 Å². The topological polar surface area (TPSA) is 71.0 Å². The summed E-state index contributed by atoms with van der Waals surface area (Å²) in [6, 6.07) is 0. The molecule has 4 unspecified atom stereocenters. The van der Waals surface area contributed by atoms with Crippen LogP contribution in [-0.2, 0) is 42.2 Å². The van der Waals surface area contributed by atoms with Crippen LogP contribution >= 0.6 is 0 Å². The van der Waals surface area contributed by atoms with E-state index in [1.807, 2.05) is 7.05 Å². The van der Waals surface area contributed by atoms with Crippen molar-refractivity contribution in [1.29, 1.82) is 0 Å². The first-order chi connectivity index (χ1) is 9.24. The van der Waals surface area contributed by atoms with Crippen LogP contribution in [0.5, 0.6) is 0 Å². The van der Waals surface area contributed by atoms with Gasteiger partial charge in [-0.05, 0) is 39.3 Å². The number of rotatable bonds is 9. The first-order valence-electron chi connectivity index (χ1n) is 7.01. The molecule has 1 aliphatic heterocycles. The van der Waals surface area contributed by atoms with Crippen molar-refractivity contribution in [2.45, 2.75) is 50.1 Å². The predicted molar refractivity (Wildman–Crippen MR) is 74.1 cm³/mol. The zero-order valence-electron chi connectivity index (χ0n) is 12.5. The van der Waals surface area contributed by atoms with Crippen LogP contribution < -0.4 is 5.32 Å². The molecule has 0 saturated carbocycles. The van der Waals surface area contributed by atoms with Crippen molar-refractivity contribution in [3.05, 3.63) is 12.2 Å². The molecule has 5 nitrogen and oxygen atoms in total. The van der Waals surface area contributed by atoms with Crippen LogP contribution in [0.1, 0.15) is 25.7 Å². The molecular formula is C14H27NO4Y. The monoisotopic (exact) mass is 362 g/mol. The molecule has 0 amide bonds. The van der Waals surface area contributed by atoms with Gasteiger partial charge in [-0.2, -0.15) is 0 Å². The molecule has 1 saturated heterocycles. The van der Waals surface area contributed by atoms with E-state index < -0.39 is 12.2 Å². The Bertz CT molecular complexity index is 266. The van der Waals surface area contributed by atoms with E-state index in [-0.39, 0.29) is 51.5 Å². The summed E-state index contributed by atoms with van der Waals surface area (Å²) in [6.07, 6.45) is 6.51. The second kappa shape index (κ2) is 12.2. The number of aliphatic hydroxyl groups excluding tert-OH is 2. The van der Waals surface area contributed by atoms with Gasteiger partial charge in [-0.3, -0.25) is 0 Å². The van der Waals surface area contributed by atoms with Crippen molar-refractivity contribution in [3.8, 4) is 0 Å². The van der Waals surface area contributed by atoms with E-state index in [2.05, 4.69) is 17.5 Å². The SMILES string of the molecule is CNCCCC/C=C/CC1OC(CO)C(O)C1OC.[Y]. The maximum atomic E-state index is 9.88. The molecule has 0 bridgehead atoms. The van der Waals surface area contributed by atoms with Crippen molar-refractivity contribution in [3.63, 3.8) is 0 Å². The molecule has 1 rings (SSSR count). The van der Waals surface area contributed by atoms with Crippen LogP contribution in [0.15, 0.2) is 12.2 Å². The van der Waals surface area contributed by atoms with Crippen molar-refractivity contribution >= 4 is 0 Å². The Balaban J connectivity index is 0.00000361. The van der Waals surface area contributed by atoms with Crippen LogP contribution in [0.3, 0.4) is 0 Å². The van der Waals surface area contributed by atoms with Gasteiger partial charge in [0.25, 0.3) is 0 Å². The Kier molecular flexibility index (Phi) is 12.6. The molecule has 20 heavy (non-hydrogen) atoms. The van der Waals surface area contributed by atoms with Gasteiger partial charge in [-0.15, -0.1) is 0 Å². The Morgan fingerprint density at radius 3 is 2.60 bits per heavy atom. The Morgan fingerprint density at radius 1 is 1.25 bits per heavy atom. The van der Waals surface area contributed by atoms with E-state index in [0.29, 0.717) is 6.42 Å². The van der Waals surface area contributed by atoms with Gasteiger partial charge in [0.2, 0.25) is 0 Å². The van der Waals surface area contributed by atoms with Gasteiger partial charge >= 0.3 is 0 Å². The third kappa shape index (κ3) is 6.60. The molecule has 115 valence electrons. The summed E-state index contributed by atoms with van der Waals surface area (Å²) < 4.78 is 10.8. The van der Waals surface area contributed by atoms with Crippen molar-refractivity contribution in [2.75, 3.05) is 27.3 Å². The fourth-order valence-corrected chi connectivity index (χ4v) is 2.36. The molecule has 1 aliphatic rings. The third-order valence-electron chi connectivity index (χ3n) is 3.47. The zero-order valence-corrected chi connectivity index (χ0v) is 15.3. The van der Waals surface area contributed by atoms with E-state index in [9.17, 15) is 5.11 Å². The second-order valence-corrected chi connectivity index (χ2v) is 4.89. The summed E-state index contributed by atoms with van der Waals surface area (Å²) in [5.41, 5.74) is 0. The summed E-state index contributed by atoms with van der Waals surface area (Å²) in [6.45, 7) is 0.876.